The minimum atomic E-state index is -0.312. The number of ether oxygens (including phenoxy) is 2. The number of carbonyl (C=O) groups excluding carboxylic acids is 1. The molecule has 0 amide bonds. The summed E-state index contributed by atoms with van der Waals surface area (Å²) in [5, 5.41) is 0. The molecule has 0 fully saturated rings. The standard InChI is InChI=1S/C14H16O3/c1-10-5-6-12-11(9-14(15)16-2)4-3-7-17-13(12)8-10/h5-6,8-9H,3-4,7H2,1-2H3/b11-9+. The first kappa shape index (κ1) is 11.7. The summed E-state index contributed by atoms with van der Waals surface area (Å²) >= 11 is 0. The van der Waals surface area contributed by atoms with Crippen molar-refractivity contribution >= 4 is 11.5 Å². The SMILES string of the molecule is COC(=O)/C=C1\CCCOc2cc(C)ccc21. The second-order valence-electron chi connectivity index (χ2n) is 4.14. The van der Waals surface area contributed by atoms with Gasteiger partial charge in [0.15, 0.2) is 0 Å². The van der Waals surface area contributed by atoms with Gasteiger partial charge in [0.1, 0.15) is 5.75 Å². The maximum Gasteiger partial charge on any atom is 0.330 e. The molecule has 0 aromatic heterocycles. The van der Waals surface area contributed by atoms with E-state index in [0.29, 0.717) is 6.61 Å². The van der Waals surface area contributed by atoms with Gasteiger partial charge in [0.25, 0.3) is 0 Å². The van der Waals surface area contributed by atoms with Crippen molar-refractivity contribution in [2.45, 2.75) is 19.8 Å². The first-order chi connectivity index (χ1) is 8.20. The van der Waals surface area contributed by atoms with Gasteiger partial charge in [-0.3, -0.25) is 0 Å². The Morgan fingerprint density at radius 3 is 3.06 bits per heavy atom. The van der Waals surface area contributed by atoms with Crippen LogP contribution in [0.4, 0.5) is 0 Å². The number of aryl methyl sites for hydroxylation is 1. The molecule has 0 atom stereocenters. The molecule has 1 aliphatic heterocycles. The second-order valence-corrected chi connectivity index (χ2v) is 4.14. The number of hydrogen-bond acceptors (Lipinski definition) is 3. The molecule has 0 N–H and O–H groups in total. The lowest BCUT2D eigenvalue weighted by molar-refractivity contribution is -0.134. The lowest BCUT2D eigenvalue weighted by Gasteiger charge is -2.09. The number of methoxy groups -OCH3 is 1. The second kappa shape index (κ2) is 5.04. The highest BCUT2D eigenvalue weighted by molar-refractivity contribution is 5.92. The maximum absolute atomic E-state index is 11.3. The molecule has 0 saturated heterocycles. The number of esters is 1. The topological polar surface area (TPSA) is 35.5 Å². The van der Waals surface area contributed by atoms with Gasteiger partial charge in [-0.2, -0.15) is 0 Å². The van der Waals surface area contributed by atoms with Gasteiger partial charge in [-0.25, -0.2) is 4.79 Å². The van der Waals surface area contributed by atoms with Crippen molar-refractivity contribution in [3.05, 3.63) is 35.4 Å². The normalized spacial score (nSPS) is 16.9. The predicted octanol–water partition coefficient (Wildman–Crippen LogP) is 2.72. The van der Waals surface area contributed by atoms with E-state index in [0.717, 1.165) is 35.3 Å². The summed E-state index contributed by atoms with van der Waals surface area (Å²) in [5.41, 5.74) is 3.14. The molecule has 0 unspecified atom stereocenters. The van der Waals surface area contributed by atoms with Gasteiger partial charge >= 0.3 is 5.97 Å². The third-order valence-corrected chi connectivity index (χ3v) is 2.82. The Hall–Kier alpha value is -1.77. The van der Waals surface area contributed by atoms with Crippen LogP contribution in [0.25, 0.3) is 5.57 Å². The molecule has 0 aliphatic carbocycles. The van der Waals surface area contributed by atoms with Crippen LogP contribution in [0.1, 0.15) is 24.0 Å². The first-order valence-electron chi connectivity index (χ1n) is 5.73. The van der Waals surface area contributed by atoms with Gasteiger partial charge in [0.05, 0.1) is 13.7 Å². The summed E-state index contributed by atoms with van der Waals surface area (Å²) in [7, 11) is 1.39. The van der Waals surface area contributed by atoms with E-state index in [2.05, 4.69) is 4.74 Å². The third-order valence-electron chi connectivity index (χ3n) is 2.82. The molecule has 90 valence electrons. The van der Waals surface area contributed by atoms with E-state index in [-0.39, 0.29) is 5.97 Å². The third kappa shape index (κ3) is 2.67. The van der Waals surface area contributed by atoms with Crippen LogP contribution in [-0.2, 0) is 9.53 Å². The molecular formula is C14H16O3. The lowest BCUT2D eigenvalue weighted by Crippen LogP contribution is -1.97. The smallest absolute Gasteiger partial charge is 0.330 e. The number of hydrogen-bond donors (Lipinski definition) is 0. The fraction of sp³-hybridized carbons (Fsp3) is 0.357. The zero-order chi connectivity index (χ0) is 12.3. The van der Waals surface area contributed by atoms with Crippen LogP contribution >= 0.6 is 0 Å². The Bertz CT molecular complexity index is 461. The summed E-state index contributed by atoms with van der Waals surface area (Å²) in [5.74, 6) is 0.547. The molecule has 3 nitrogen and oxygen atoms in total. The summed E-state index contributed by atoms with van der Waals surface area (Å²) in [6.45, 7) is 2.72. The van der Waals surface area contributed by atoms with Crippen LogP contribution in [0.3, 0.4) is 0 Å². The molecule has 1 heterocycles. The van der Waals surface area contributed by atoms with Gasteiger partial charge in [0.2, 0.25) is 0 Å². The number of rotatable bonds is 1. The Balaban J connectivity index is 2.43. The van der Waals surface area contributed by atoms with Gasteiger partial charge < -0.3 is 9.47 Å². The highest BCUT2D eigenvalue weighted by Crippen LogP contribution is 2.32. The van der Waals surface area contributed by atoms with Gasteiger partial charge in [0, 0.05) is 11.6 Å². The summed E-state index contributed by atoms with van der Waals surface area (Å²) in [6.07, 6.45) is 3.31. The molecule has 0 bridgehead atoms. The molecule has 17 heavy (non-hydrogen) atoms. The van der Waals surface area contributed by atoms with Crippen molar-refractivity contribution in [3.63, 3.8) is 0 Å². The molecule has 0 spiro atoms. The van der Waals surface area contributed by atoms with Gasteiger partial charge in [-0.1, -0.05) is 12.1 Å². The molecule has 0 saturated carbocycles. The molecule has 1 aromatic rings. The maximum atomic E-state index is 11.3. The minimum absolute atomic E-state index is 0.312. The van der Waals surface area contributed by atoms with E-state index in [1.165, 1.54) is 7.11 Å². The zero-order valence-corrected chi connectivity index (χ0v) is 10.2. The highest BCUT2D eigenvalue weighted by atomic mass is 16.5. The molecule has 3 heteroatoms. The molecule has 0 radical (unpaired) electrons. The van der Waals surface area contributed by atoms with Crippen molar-refractivity contribution in [2.24, 2.45) is 0 Å². The van der Waals surface area contributed by atoms with Crippen molar-refractivity contribution < 1.29 is 14.3 Å². The molecule has 1 aromatic carbocycles. The summed E-state index contributed by atoms with van der Waals surface area (Å²) in [4.78, 5) is 11.3. The quantitative estimate of drug-likeness (QED) is 0.551. The number of carbonyl (C=O) groups is 1. The monoisotopic (exact) mass is 232 g/mol. The van der Waals surface area contributed by atoms with Gasteiger partial charge in [-0.15, -0.1) is 0 Å². The van der Waals surface area contributed by atoms with Crippen molar-refractivity contribution in [1.29, 1.82) is 0 Å². The fourth-order valence-electron chi connectivity index (χ4n) is 1.94. The number of fused-ring (bicyclic) bond motifs is 1. The van der Waals surface area contributed by atoms with E-state index in [1.54, 1.807) is 6.08 Å². The van der Waals surface area contributed by atoms with E-state index in [9.17, 15) is 4.79 Å². The Kier molecular flexibility index (Phi) is 3.47. The van der Waals surface area contributed by atoms with E-state index < -0.39 is 0 Å². The van der Waals surface area contributed by atoms with Crippen LogP contribution < -0.4 is 4.74 Å². The Morgan fingerprint density at radius 1 is 1.47 bits per heavy atom. The summed E-state index contributed by atoms with van der Waals surface area (Å²) < 4.78 is 10.4. The Morgan fingerprint density at radius 2 is 2.29 bits per heavy atom. The van der Waals surface area contributed by atoms with E-state index in [4.69, 9.17) is 4.74 Å². The first-order valence-corrected chi connectivity index (χ1v) is 5.73. The fourth-order valence-corrected chi connectivity index (χ4v) is 1.94. The largest absolute Gasteiger partial charge is 0.493 e. The van der Waals surface area contributed by atoms with Crippen LogP contribution in [0.5, 0.6) is 5.75 Å². The van der Waals surface area contributed by atoms with E-state index in [1.807, 2.05) is 25.1 Å². The molecule has 1 aliphatic rings. The molecule has 2 rings (SSSR count). The van der Waals surface area contributed by atoms with Crippen LogP contribution in [0.2, 0.25) is 0 Å². The van der Waals surface area contributed by atoms with E-state index >= 15 is 0 Å². The average Bonchev–Trinajstić information content (AvgIpc) is 2.51. The average molecular weight is 232 g/mol. The Labute approximate surface area is 101 Å². The van der Waals surface area contributed by atoms with Crippen molar-refractivity contribution in [2.75, 3.05) is 13.7 Å². The predicted molar refractivity (Wildman–Crippen MR) is 65.9 cm³/mol. The lowest BCUT2D eigenvalue weighted by atomic mass is 9.99. The van der Waals surface area contributed by atoms with Crippen molar-refractivity contribution in [3.8, 4) is 5.75 Å². The van der Waals surface area contributed by atoms with Gasteiger partial charge in [-0.05, 0) is 37.0 Å². The van der Waals surface area contributed by atoms with Crippen LogP contribution in [-0.4, -0.2) is 19.7 Å². The minimum Gasteiger partial charge on any atom is -0.493 e. The summed E-state index contributed by atoms with van der Waals surface area (Å²) in [6, 6.07) is 6.04. The molecular weight excluding hydrogens is 216 g/mol. The van der Waals surface area contributed by atoms with Crippen LogP contribution in [0, 0.1) is 6.92 Å². The zero-order valence-electron chi connectivity index (χ0n) is 10.2. The number of allylic oxidation sites excluding steroid dienone is 1. The highest BCUT2D eigenvalue weighted by Gasteiger charge is 2.14. The van der Waals surface area contributed by atoms with Crippen LogP contribution in [0.15, 0.2) is 24.3 Å². The van der Waals surface area contributed by atoms with Crippen molar-refractivity contribution in [1.82, 2.24) is 0 Å². The number of benzene rings is 1.